The Morgan fingerprint density at radius 3 is 2.61 bits per heavy atom. The Hall–Kier alpha value is -1.43. The Bertz CT molecular complexity index is 540. The number of carbonyl (C=O) groups is 1. The Morgan fingerprint density at radius 1 is 1.13 bits per heavy atom. The fourth-order valence-electron chi connectivity index (χ4n) is 3.55. The Morgan fingerprint density at radius 2 is 1.91 bits per heavy atom. The van der Waals surface area contributed by atoms with Gasteiger partial charge < -0.3 is 19.7 Å². The molecule has 2 atom stereocenters. The zero-order chi connectivity index (χ0) is 15.6. The quantitative estimate of drug-likeness (QED) is 0.880. The molecule has 0 aromatic heterocycles. The van der Waals surface area contributed by atoms with Crippen molar-refractivity contribution < 1.29 is 14.3 Å². The molecule has 5 nitrogen and oxygen atoms in total. The minimum absolute atomic E-state index is 0.170. The fourth-order valence-corrected chi connectivity index (χ4v) is 3.55. The third-order valence-corrected chi connectivity index (χ3v) is 4.99. The molecule has 0 unspecified atom stereocenters. The van der Waals surface area contributed by atoms with Gasteiger partial charge in [-0.25, -0.2) is 0 Å². The fraction of sp³-hybridized carbons (Fsp3) is 0.611. The van der Waals surface area contributed by atoms with Crippen LogP contribution in [0.5, 0.6) is 0 Å². The van der Waals surface area contributed by atoms with Gasteiger partial charge in [0.05, 0.1) is 25.4 Å². The van der Waals surface area contributed by atoms with Crippen molar-refractivity contribution in [3.63, 3.8) is 0 Å². The third-order valence-electron chi connectivity index (χ3n) is 4.99. The predicted octanol–water partition coefficient (Wildman–Crippen LogP) is 0.976. The van der Waals surface area contributed by atoms with Gasteiger partial charge in [-0.05, 0) is 24.8 Å². The van der Waals surface area contributed by atoms with Gasteiger partial charge in [0.25, 0.3) is 5.91 Å². The SMILES string of the molecule is O=C([C@@H]1CC[C@H](Cc2ccccc2)O1)N1CC(NC2COC2)C1. The molecule has 1 aromatic carbocycles. The molecule has 1 aromatic rings. The maximum atomic E-state index is 12.5. The number of likely N-dealkylation sites (tertiary alicyclic amines) is 1. The average Bonchev–Trinajstić information content (AvgIpc) is 2.93. The molecule has 0 aliphatic carbocycles. The third kappa shape index (κ3) is 3.42. The summed E-state index contributed by atoms with van der Waals surface area (Å²) in [6, 6.07) is 11.3. The van der Waals surface area contributed by atoms with Crippen molar-refractivity contribution in [3.8, 4) is 0 Å². The van der Waals surface area contributed by atoms with Crippen LogP contribution in [0.3, 0.4) is 0 Å². The molecule has 1 N–H and O–H groups in total. The van der Waals surface area contributed by atoms with E-state index >= 15 is 0 Å². The molecule has 3 fully saturated rings. The molecular weight excluding hydrogens is 292 g/mol. The van der Waals surface area contributed by atoms with Crippen LogP contribution in [0.4, 0.5) is 0 Å². The topological polar surface area (TPSA) is 50.8 Å². The first-order valence-electron chi connectivity index (χ1n) is 8.60. The highest BCUT2D eigenvalue weighted by atomic mass is 16.5. The standard InChI is InChI=1S/C18H24N2O3/c21-18(20-9-14(10-20)19-15-11-22-12-15)17-7-6-16(23-17)8-13-4-2-1-3-5-13/h1-5,14-17,19H,6-12H2/t16-,17+/m1/s1. The molecule has 4 rings (SSSR count). The van der Waals surface area contributed by atoms with Crippen LogP contribution in [-0.2, 0) is 20.7 Å². The van der Waals surface area contributed by atoms with Crippen LogP contribution >= 0.6 is 0 Å². The second-order valence-corrected chi connectivity index (χ2v) is 6.85. The van der Waals surface area contributed by atoms with Crippen LogP contribution in [0.2, 0.25) is 0 Å². The Labute approximate surface area is 136 Å². The van der Waals surface area contributed by atoms with Crippen LogP contribution in [-0.4, -0.2) is 61.4 Å². The molecule has 23 heavy (non-hydrogen) atoms. The second-order valence-electron chi connectivity index (χ2n) is 6.85. The lowest BCUT2D eigenvalue weighted by Crippen LogP contribution is -2.65. The van der Waals surface area contributed by atoms with Gasteiger partial charge >= 0.3 is 0 Å². The lowest BCUT2D eigenvalue weighted by molar-refractivity contribution is -0.148. The maximum Gasteiger partial charge on any atom is 0.251 e. The van der Waals surface area contributed by atoms with Gasteiger partial charge in [0.2, 0.25) is 0 Å². The van der Waals surface area contributed by atoms with Gasteiger partial charge in [-0.2, -0.15) is 0 Å². The molecule has 1 amide bonds. The van der Waals surface area contributed by atoms with E-state index in [0.717, 1.165) is 45.6 Å². The largest absolute Gasteiger partial charge is 0.378 e. The second kappa shape index (κ2) is 6.59. The first kappa shape index (κ1) is 15.1. The van der Waals surface area contributed by atoms with Crippen molar-refractivity contribution in [1.29, 1.82) is 0 Å². The highest BCUT2D eigenvalue weighted by molar-refractivity contribution is 5.82. The number of nitrogens with one attached hydrogen (secondary N) is 1. The highest BCUT2D eigenvalue weighted by Crippen LogP contribution is 2.26. The van der Waals surface area contributed by atoms with E-state index in [0.29, 0.717) is 12.1 Å². The zero-order valence-electron chi connectivity index (χ0n) is 13.3. The Balaban J connectivity index is 1.21. The summed E-state index contributed by atoms with van der Waals surface area (Å²) in [6.07, 6.45) is 2.66. The molecule has 124 valence electrons. The zero-order valence-corrected chi connectivity index (χ0v) is 13.3. The number of nitrogens with zero attached hydrogens (tertiary/aromatic N) is 1. The summed E-state index contributed by atoms with van der Waals surface area (Å²) in [7, 11) is 0. The normalized spacial score (nSPS) is 28.4. The van der Waals surface area contributed by atoms with E-state index in [9.17, 15) is 4.79 Å². The van der Waals surface area contributed by atoms with E-state index in [-0.39, 0.29) is 18.1 Å². The average molecular weight is 316 g/mol. The van der Waals surface area contributed by atoms with Gasteiger partial charge in [0, 0.05) is 19.1 Å². The van der Waals surface area contributed by atoms with E-state index in [1.54, 1.807) is 0 Å². The minimum atomic E-state index is -0.239. The van der Waals surface area contributed by atoms with Gasteiger partial charge in [-0.15, -0.1) is 0 Å². The van der Waals surface area contributed by atoms with E-state index in [2.05, 4.69) is 17.4 Å². The van der Waals surface area contributed by atoms with E-state index < -0.39 is 0 Å². The Kier molecular flexibility index (Phi) is 4.33. The summed E-state index contributed by atoms with van der Waals surface area (Å²) in [5.41, 5.74) is 1.28. The first-order valence-corrected chi connectivity index (χ1v) is 8.60. The van der Waals surface area contributed by atoms with Crippen LogP contribution in [0.15, 0.2) is 30.3 Å². The van der Waals surface area contributed by atoms with E-state index in [1.165, 1.54) is 5.56 Å². The van der Waals surface area contributed by atoms with Crippen LogP contribution in [0.1, 0.15) is 18.4 Å². The van der Waals surface area contributed by atoms with Gasteiger partial charge in [0.1, 0.15) is 6.10 Å². The summed E-state index contributed by atoms with van der Waals surface area (Å²) < 4.78 is 11.2. The number of ether oxygens (including phenoxy) is 2. The molecule has 0 bridgehead atoms. The van der Waals surface area contributed by atoms with Crippen LogP contribution in [0.25, 0.3) is 0 Å². The van der Waals surface area contributed by atoms with Gasteiger partial charge in [0.15, 0.2) is 0 Å². The number of rotatable bonds is 5. The van der Waals surface area contributed by atoms with Crippen molar-refractivity contribution in [2.45, 2.75) is 43.6 Å². The molecule has 3 heterocycles. The summed E-state index contributed by atoms with van der Waals surface area (Å²) in [5, 5.41) is 3.51. The van der Waals surface area contributed by atoms with Crippen molar-refractivity contribution in [2.24, 2.45) is 0 Å². The van der Waals surface area contributed by atoms with E-state index in [4.69, 9.17) is 9.47 Å². The molecule has 3 aliphatic rings. The van der Waals surface area contributed by atoms with E-state index in [1.807, 2.05) is 23.1 Å². The predicted molar refractivity (Wildman–Crippen MR) is 86.2 cm³/mol. The van der Waals surface area contributed by atoms with Crippen LogP contribution in [0, 0.1) is 0 Å². The summed E-state index contributed by atoms with van der Waals surface area (Å²) >= 11 is 0. The molecule has 0 radical (unpaired) electrons. The lowest BCUT2D eigenvalue weighted by Gasteiger charge is -2.43. The molecule has 5 heteroatoms. The number of benzene rings is 1. The summed E-state index contributed by atoms with van der Waals surface area (Å²) in [6.45, 7) is 3.21. The van der Waals surface area contributed by atoms with Gasteiger partial charge in [-0.3, -0.25) is 4.79 Å². The lowest BCUT2D eigenvalue weighted by atomic mass is 10.0. The molecule has 0 spiro atoms. The molecule has 3 saturated heterocycles. The van der Waals surface area contributed by atoms with Crippen LogP contribution < -0.4 is 5.32 Å². The van der Waals surface area contributed by atoms with Crippen molar-refractivity contribution >= 4 is 5.91 Å². The van der Waals surface area contributed by atoms with Crippen molar-refractivity contribution in [1.82, 2.24) is 10.2 Å². The number of hydrogen-bond acceptors (Lipinski definition) is 4. The number of hydrogen-bond donors (Lipinski definition) is 1. The summed E-state index contributed by atoms with van der Waals surface area (Å²) in [5.74, 6) is 0.170. The highest BCUT2D eigenvalue weighted by Gasteiger charge is 2.39. The monoisotopic (exact) mass is 316 g/mol. The summed E-state index contributed by atoms with van der Waals surface area (Å²) in [4.78, 5) is 14.4. The molecule has 0 saturated carbocycles. The maximum absolute atomic E-state index is 12.5. The van der Waals surface area contributed by atoms with Crippen molar-refractivity contribution in [3.05, 3.63) is 35.9 Å². The first-order chi connectivity index (χ1) is 11.3. The van der Waals surface area contributed by atoms with Crippen molar-refractivity contribution in [2.75, 3.05) is 26.3 Å². The molecule has 3 aliphatic heterocycles. The smallest absolute Gasteiger partial charge is 0.251 e. The molecular formula is C18H24N2O3. The van der Waals surface area contributed by atoms with Gasteiger partial charge in [-0.1, -0.05) is 30.3 Å². The number of amides is 1. The number of carbonyl (C=O) groups excluding carboxylic acids is 1. The minimum Gasteiger partial charge on any atom is -0.378 e.